The Hall–Kier alpha value is -1.10. The lowest BCUT2D eigenvalue weighted by atomic mass is 10.2. The highest BCUT2D eigenvalue weighted by molar-refractivity contribution is 6.32. The topological polar surface area (TPSA) is 49.8 Å². The molecule has 1 aliphatic rings. The molecular weight excluding hydrogens is 283 g/mol. The summed E-state index contributed by atoms with van der Waals surface area (Å²) < 4.78 is 0. The van der Waals surface area contributed by atoms with Gasteiger partial charge in [0.2, 0.25) is 0 Å². The molecule has 4 nitrogen and oxygen atoms in total. The van der Waals surface area contributed by atoms with Crippen molar-refractivity contribution < 1.29 is 0 Å². The number of nitrogens with one attached hydrogen (secondary N) is 2. The van der Waals surface area contributed by atoms with Crippen molar-refractivity contribution in [2.24, 2.45) is 0 Å². The molecule has 2 aromatic rings. The summed E-state index contributed by atoms with van der Waals surface area (Å²) in [6.45, 7) is 1.94. The monoisotopic (exact) mass is 298 g/mol. The van der Waals surface area contributed by atoms with Crippen LogP contribution in [0.25, 0.3) is 11.0 Å². The van der Waals surface area contributed by atoms with Crippen molar-refractivity contribution in [3.8, 4) is 0 Å². The van der Waals surface area contributed by atoms with E-state index in [1.807, 2.05) is 24.3 Å². The molecule has 0 radical (unpaired) electrons. The van der Waals surface area contributed by atoms with Gasteiger partial charge in [0.1, 0.15) is 0 Å². The summed E-state index contributed by atoms with van der Waals surface area (Å²) in [6, 6.07) is 8.25. The Bertz CT molecular complexity index is 555. The Morgan fingerprint density at radius 3 is 2.68 bits per heavy atom. The highest BCUT2D eigenvalue weighted by atomic mass is 35.5. The third kappa shape index (κ3) is 3.26. The number of rotatable bonds is 3. The first-order valence-corrected chi connectivity index (χ1v) is 6.60. The molecule has 0 spiro atoms. The van der Waals surface area contributed by atoms with Gasteiger partial charge in [-0.05, 0) is 31.5 Å². The number of para-hydroxylation sites is 2. The number of benzene rings is 1. The average Bonchev–Trinajstić information content (AvgIpc) is 2.89. The third-order valence-corrected chi connectivity index (χ3v) is 3.47. The predicted molar refractivity (Wildman–Crippen MR) is 81.3 cm³/mol. The number of aromatic nitrogens is 2. The largest absolute Gasteiger partial charge is 0.366 e. The van der Waals surface area contributed by atoms with Crippen molar-refractivity contribution in [2.75, 3.05) is 18.4 Å². The first-order chi connectivity index (χ1) is 8.83. The lowest BCUT2D eigenvalue weighted by Crippen LogP contribution is -2.29. The maximum atomic E-state index is 6.13. The van der Waals surface area contributed by atoms with E-state index < -0.39 is 0 Å². The summed E-state index contributed by atoms with van der Waals surface area (Å²) >= 11 is 6.13. The van der Waals surface area contributed by atoms with E-state index in [1.54, 1.807) is 0 Å². The number of halogens is 2. The molecule has 1 unspecified atom stereocenters. The summed E-state index contributed by atoms with van der Waals surface area (Å²) in [5, 5.41) is 7.15. The molecular formula is C13H16Cl2N4. The van der Waals surface area contributed by atoms with Crippen LogP contribution in [0.3, 0.4) is 0 Å². The van der Waals surface area contributed by atoms with E-state index >= 15 is 0 Å². The first kappa shape index (κ1) is 14.3. The molecule has 2 N–H and O–H groups in total. The van der Waals surface area contributed by atoms with Crippen LogP contribution in [0.5, 0.6) is 0 Å². The number of hydrogen-bond acceptors (Lipinski definition) is 4. The second kappa shape index (κ2) is 6.37. The van der Waals surface area contributed by atoms with Crippen LogP contribution in [0.15, 0.2) is 24.3 Å². The lowest BCUT2D eigenvalue weighted by Gasteiger charge is -2.13. The molecule has 3 rings (SSSR count). The van der Waals surface area contributed by atoms with E-state index in [0.717, 1.165) is 24.1 Å². The number of nitrogens with zero attached hydrogens (tertiary/aromatic N) is 2. The molecule has 2 heterocycles. The van der Waals surface area contributed by atoms with Crippen molar-refractivity contribution in [2.45, 2.75) is 18.9 Å². The minimum absolute atomic E-state index is 0. The summed E-state index contributed by atoms with van der Waals surface area (Å²) in [5.74, 6) is 0.670. The molecule has 0 aliphatic carbocycles. The summed E-state index contributed by atoms with van der Waals surface area (Å²) in [7, 11) is 0. The van der Waals surface area contributed by atoms with Crippen LogP contribution in [0.1, 0.15) is 12.8 Å². The molecule has 1 saturated heterocycles. The van der Waals surface area contributed by atoms with Crippen molar-refractivity contribution in [3.05, 3.63) is 29.4 Å². The number of anilines is 1. The summed E-state index contributed by atoms with van der Waals surface area (Å²) in [5.41, 5.74) is 1.69. The molecule has 1 atom stereocenters. The van der Waals surface area contributed by atoms with E-state index in [0.29, 0.717) is 17.0 Å². The molecule has 19 heavy (non-hydrogen) atoms. The Kier molecular flexibility index (Phi) is 4.80. The fraction of sp³-hybridized carbons (Fsp3) is 0.385. The Morgan fingerprint density at radius 1 is 1.26 bits per heavy atom. The van der Waals surface area contributed by atoms with Crippen molar-refractivity contribution >= 4 is 40.9 Å². The van der Waals surface area contributed by atoms with Gasteiger partial charge >= 0.3 is 0 Å². The first-order valence-electron chi connectivity index (χ1n) is 6.22. The van der Waals surface area contributed by atoms with Crippen molar-refractivity contribution in [3.63, 3.8) is 0 Å². The van der Waals surface area contributed by atoms with E-state index in [9.17, 15) is 0 Å². The summed E-state index contributed by atoms with van der Waals surface area (Å²) in [4.78, 5) is 8.84. The van der Waals surface area contributed by atoms with Gasteiger partial charge in [-0.3, -0.25) is 0 Å². The van der Waals surface area contributed by atoms with Crippen LogP contribution < -0.4 is 10.6 Å². The van der Waals surface area contributed by atoms with Gasteiger partial charge in [-0.15, -0.1) is 12.4 Å². The zero-order chi connectivity index (χ0) is 12.4. The normalized spacial score (nSPS) is 18.3. The quantitative estimate of drug-likeness (QED) is 0.915. The molecule has 1 aliphatic heterocycles. The van der Waals surface area contributed by atoms with Gasteiger partial charge in [-0.1, -0.05) is 23.7 Å². The average molecular weight is 299 g/mol. The van der Waals surface area contributed by atoms with Gasteiger partial charge < -0.3 is 10.6 Å². The lowest BCUT2D eigenvalue weighted by molar-refractivity contribution is 0.632. The standard InChI is InChI=1S/C13H15ClN4.ClH/c14-12-13(16-8-9-4-3-7-15-9)18-11-6-2-1-5-10(11)17-12;/h1-2,5-6,9,15H,3-4,7-8H2,(H,16,18);1H. The van der Waals surface area contributed by atoms with Gasteiger partial charge in [0.15, 0.2) is 11.0 Å². The zero-order valence-electron chi connectivity index (χ0n) is 10.4. The number of fused-ring (bicyclic) bond motifs is 1. The smallest absolute Gasteiger partial charge is 0.172 e. The molecule has 1 aromatic heterocycles. The third-order valence-electron chi connectivity index (χ3n) is 3.21. The second-order valence-electron chi connectivity index (χ2n) is 4.53. The van der Waals surface area contributed by atoms with Gasteiger partial charge in [-0.25, -0.2) is 9.97 Å². The maximum absolute atomic E-state index is 6.13. The van der Waals surface area contributed by atoms with Crippen LogP contribution in [0.2, 0.25) is 5.15 Å². The molecule has 0 amide bonds. The SMILES string of the molecule is Cl.Clc1nc2ccccc2nc1NCC1CCCN1. The van der Waals surface area contributed by atoms with Gasteiger partial charge in [0.25, 0.3) is 0 Å². The summed E-state index contributed by atoms with van der Waals surface area (Å²) in [6.07, 6.45) is 2.44. The van der Waals surface area contributed by atoms with E-state index in [4.69, 9.17) is 11.6 Å². The van der Waals surface area contributed by atoms with Gasteiger partial charge in [-0.2, -0.15) is 0 Å². The van der Waals surface area contributed by atoms with E-state index in [1.165, 1.54) is 12.8 Å². The molecule has 0 bridgehead atoms. The molecule has 1 fully saturated rings. The molecule has 6 heteroatoms. The van der Waals surface area contributed by atoms with Crippen LogP contribution in [0, 0.1) is 0 Å². The highest BCUT2D eigenvalue weighted by Gasteiger charge is 2.14. The van der Waals surface area contributed by atoms with Crippen LogP contribution in [-0.4, -0.2) is 29.1 Å². The molecule has 1 aromatic carbocycles. The van der Waals surface area contributed by atoms with Crippen molar-refractivity contribution in [1.29, 1.82) is 0 Å². The van der Waals surface area contributed by atoms with Crippen molar-refractivity contribution in [1.82, 2.24) is 15.3 Å². The Labute approximate surface area is 123 Å². The van der Waals surface area contributed by atoms with Crippen LogP contribution >= 0.6 is 24.0 Å². The van der Waals surface area contributed by atoms with Crippen LogP contribution in [-0.2, 0) is 0 Å². The maximum Gasteiger partial charge on any atom is 0.172 e. The van der Waals surface area contributed by atoms with E-state index in [2.05, 4.69) is 20.6 Å². The minimum atomic E-state index is 0. The zero-order valence-corrected chi connectivity index (χ0v) is 12.0. The van der Waals surface area contributed by atoms with E-state index in [-0.39, 0.29) is 12.4 Å². The fourth-order valence-corrected chi connectivity index (χ4v) is 2.44. The fourth-order valence-electron chi connectivity index (χ4n) is 2.24. The minimum Gasteiger partial charge on any atom is -0.366 e. The molecule has 102 valence electrons. The predicted octanol–water partition coefficient (Wildman–Crippen LogP) is 2.87. The molecule has 0 saturated carbocycles. The Balaban J connectivity index is 0.00000133. The van der Waals surface area contributed by atoms with Gasteiger partial charge in [0.05, 0.1) is 11.0 Å². The Morgan fingerprint density at radius 2 is 2.00 bits per heavy atom. The second-order valence-corrected chi connectivity index (χ2v) is 4.88. The number of hydrogen-bond donors (Lipinski definition) is 2. The highest BCUT2D eigenvalue weighted by Crippen LogP contribution is 2.21. The van der Waals surface area contributed by atoms with Crippen LogP contribution in [0.4, 0.5) is 5.82 Å². The van der Waals surface area contributed by atoms with Gasteiger partial charge in [0, 0.05) is 12.6 Å².